The molecule has 4 heterocycles. The third kappa shape index (κ3) is 3.44. The van der Waals surface area contributed by atoms with Gasteiger partial charge in [0, 0.05) is 16.6 Å². The van der Waals surface area contributed by atoms with Crippen molar-refractivity contribution >= 4 is 22.6 Å². The molecule has 0 spiro atoms. The average Bonchev–Trinajstić information content (AvgIpc) is 3.38. The molecule has 2 fully saturated rings. The van der Waals surface area contributed by atoms with Gasteiger partial charge < -0.3 is 29.0 Å². The van der Waals surface area contributed by atoms with Gasteiger partial charge in [-0.3, -0.25) is 0 Å². The van der Waals surface area contributed by atoms with Gasteiger partial charge in [0.15, 0.2) is 12.0 Å². The summed E-state index contributed by atoms with van der Waals surface area (Å²) in [7, 11) is 0. The van der Waals surface area contributed by atoms with Crippen LogP contribution in [0.25, 0.3) is 11.0 Å². The number of ether oxygens (including phenoxy) is 3. The summed E-state index contributed by atoms with van der Waals surface area (Å²) < 4.78 is 20.6. The SMILES string of the molecule is Cc1ncnc2c1ccn2[C@@H]1O[C@H](C(O)c2ccc(Cl)cc2CO)[C@H]2OC(C)(C)O[C@H]21. The molecule has 1 unspecified atom stereocenters. The summed E-state index contributed by atoms with van der Waals surface area (Å²) >= 11 is 6.06. The molecule has 2 saturated heterocycles. The molecule has 0 bridgehead atoms. The maximum Gasteiger partial charge on any atom is 0.164 e. The molecule has 0 aliphatic carbocycles. The third-order valence-corrected chi connectivity index (χ3v) is 6.19. The van der Waals surface area contributed by atoms with Crippen LogP contribution in [0.5, 0.6) is 0 Å². The lowest BCUT2D eigenvalue weighted by molar-refractivity contribution is -0.207. The number of hydrogen-bond acceptors (Lipinski definition) is 7. The molecule has 0 saturated carbocycles. The lowest BCUT2D eigenvalue weighted by Crippen LogP contribution is -2.34. The van der Waals surface area contributed by atoms with E-state index in [9.17, 15) is 10.2 Å². The Morgan fingerprint density at radius 2 is 1.97 bits per heavy atom. The number of fused-ring (bicyclic) bond motifs is 2. The third-order valence-electron chi connectivity index (χ3n) is 5.95. The molecule has 5 rings (SSSR count). The van der Waals surface area contributed by atoms with Gasteiger partial charge in [-0.15, -0.1) is 0 Å². The summed E-state index contributed by atoms with van der Waals surface area (Å²) in [6, 6.07) is 6.96. The number of aryl methyl sites for hydroxylation is 1. The first-order valence-electron chi connectivity index (χ1n) is 10.2. The van der Waals surface area contributed by atoms with Crippen molar-refractivity contribution in [3.63, 3.8) is 0 Å². The molecule has 8 nitrogen and oxygen atoms in total. The number of nitrogens with zero attached hydrogens (tertiary/aromatic N) is 3. The first kappa shape index (κ1) is 20.8. The zero-order valence-corrected chi connectivity index (χ0v) is 18.2. The zero-order valence-electron chi connectivity index (χ0n) is 17.4. The van der Waals surface area contributed by atoms with Crippen molar-refractivity contribution < 1.29 is 24.4 Å². The Kier molecular flexibility index (Phi) is 5.04. The van der Waals surface area contributed by atoms with Gasteiger partial charge >= 0.3 is 0 Å². The van der Waals surface area contributed by atoms with Crippen molar-refractivity contribution in [1.82, 2.24) is 14.5 Å². The molecule has 0 amide bonds. The van der Waals surface area contributed by atoms with Crippen molar-refractivity contribution in [1.29, 1.82) is 0 Å². The summed E-state index contributed by atoms with van der Waals surface area (Å²) in [4.78, 5) is 8.68. The highest BCUT2D eigenvalue weighted by Gasteiger charge is 2.58. The number of aliphatic hydroxyl groups is 2. The van der Waals surface area contributed by atoms with E-state index in [4.69, 9.17) is 25.8 Å². The molecule has 5 atom stereocenters. The van der Waals surface area contributed by atoms with Crippen LogP contribution in [0.3, 0.4) is 0 Å². The van der Waals surface area contributed by atoms with Crippen LogP contribution in [0, 0.1) is 6.92 Å². The Balaban J connectivity index is 1.55. The van der Waals surface area contributed by atoms with E-state index in [1.807, 2.05) is 37.6 Å². The Morgan fingerprint density at radius 1 is 1.19 bits per heavy atom. The zero-order chi connectivity index (χ0) is 21.9. The maximum absolute atomic E-state index is 11.3. The van der Waals surface area contributed by atoms with E-state index in [1.54, 1.807) is 18.2 Å². The highest BCUT2D eigenvalue weighted by atomic mass is 35.5. The van der Waals surface area contributed by atoms with Gasteiger partial charge in [-0.05, 0) is 50.1 Å². The largest absolute Gasteiger partial charge is 0.392 e. The van der Waals surface area contributed by atoms with E-state index >= 15 is 0 Å². The van der Waals surface area contributed by atoms with Gasteiger partial charge in [-0.25, -0.2) is 9.97 Å². The van der Waals surface area contributed by atoms with Gasteiger partial charge in [0.05, 0.1) is 12.3 Å². The van der Waals surface area contributed by atoms with Crippen LogP contribution in [0.15, 0.2) is 36.8 Å². The van der Waals surface area contributed by atoms with Crippen molar-refractivity contribution in [2.75, 3.05) is 0 Å². The number of rotatable bonds is 4. The molecule has 3 aromatic rings. The second kappa shape index (κ2) is 7.51. The van der Waals surface area contributed by atoms with Crippen molar-refractivity contribution in [2.45, 2.75) is 63.8 Å². The summed E-state index contributed by atoms with van der Waals surface area (Å²) in [5, 5.41) is 22.4. The Hall–Kier alpha value is -2.07. The Morgan fingerprint density at radius 3 is 2.74 bits per heavy atom. The summed E-state index contributed by atoms with van der Waals surface area (Å²) in [5.74, 6) is -0.830. The fraction of sp³-hybridized carbons (Fsp3) is 0.455. The van der Waals surface area contributed by atoms with Crippen molar-refractivity contribution in [3.8, 4) is 0 Å². The van der Waals surface area contributed by atoms with Crippen LogP contribution in [0.1, 0.15) is 43.0 Å². The number of halogens is 1. The van der Waals surface area contributed by atoms with Crippen LogP contribution in [0.2, 0.25) is 5.02 Å². The van der Waals surface area contributed by atoms with Gasteiger partial charge in [0.1, 0.15) is 36.4 Å². The molecule has 9 heteroatoms. The van der Waals surface area contributed by atoms with Crippen LogP contribution in [-0.2, 0) is 20.8 Å². The number of benzene rings is 1. The summed E-state index contributed by atoms with van der Waals surface area (Å²) in [5.41, 5.74) is 2.67. The van der Waals surface area contributed by atoms with E-state index in [2.05, 4.69) is 9.97 Å². The minimum absolute atomic E-state index is 0.252. The first-order chi connectivity index (χ1) is 14.8. The minimum atomic E-state index is -1.05. The van der Waals surface area contributed by atoms with Crippen molar-refractivity contribution in [3.05, 3.63) is 58.6 Å². The molecule has 164 valence electrons. The number of aliphatic hydroxyl groups excluding tert-OH is 2. The van der Waals surface area contributed by atoms with E-state index < -0.39 is 36.4 Å². The second-order valence-corrected chi connectivity index (χ2v) is 8.86. The standard InChI is InChI=1S/C22H24ClN3O5/c1-11-14-6-7-26(20(14)25-10-24-11)21-19-18(30-22(2,3)31-19)17(29-21)16(28)15-5-4-13(23)8-12(15)9-27/h4-8,10,16-19,21,27-28H,9H2,1-3H3/t16?,17-,18-,19-,21-/m1/s1. The number of aromatic nitrogens is 3. The predicted octanol–water partition coefficient (Wildman–Crippen LogP) is 3.04. The Labute approximate surface area is 184 Å². The second-order valence-electron chi connectivity index (χ2n) is 8.42. The number of hydrogen-bond donors (Lipinski definition) is 2. The monoisotopic (exact) mass is 445 g/mol. The van der Waals surface area contributed by atoms with E-state index in [0.29, 0.717) is 16.1 Å². The topological polar surface area (TPSA) is 98.9 Å². The quantitative estimate of drug-likeness (QED) is 0.636. The van der Waals surface area contributed by atoms with Gasteiger partial charge in [0.2, 0.25) is 0 Å². The summed E-state index contributed by atoms with van der Waals surface area (Å²) in [6.07, 6.45) is 0.116. The molecule has 31 heavy (non-hydrogen) atoms. The van der Waals surface area contributed by atoms with E-state index in [-0.39, 0.29) is 6.61 Å². The van der Waals surface area contributed by atoms with E-state index in [1.165, 1.54) is 6.33 Å². The smallest absolute Gasteiger partial charge is 0.164 e. The normalized spacial score (nSPS) is 28.2. The molecule has 2 aliphatic rings. The molecular formula is C22H24ClN3O5. The fourth-order valence-corrected chi connectivity index (χ4v) is 4.76. The molecule has 0 radical (unpaired) electrons. The van der Waals surface area contributed by atoms with Gasteiger partial charge in [-0.1, -0.05) is 17.7 Å². The van der Waals surface area contributed by atoms with Gasteiger partial charge in [0.25, 0.3) is 0 Å². The fourth-order valence-electron chi connectivity index (χ4n) is 4.57. The highest BCUT2D eigenvalue weighted by molar-refractivity contribution is 6.30. The molecule has 1 aromatic carbocycles. The lowest BCUT2D eigenvalue weighted by Gasteiger charge is -2.28. The van der Waals surface area contributed by atoms with Crippen LogP contribution in [-0.4, -0.2) is 48.8 Å². The molecular weight excluding hydrogens is 422 g/mol. The minimum Gasteiger partial charge on any atom is -0.392 e. The van der Waals surface area contributed by atoms with Gasteiger partial charge in [-0.2, -0.15) is 0 Å². The highest BCUT2D eigenvalue weighted by Crippen LogP contribution is 2.47. The maximum atomic E-state index is 11.3. The van der Waals surface area contributed by atoms with Crippen LogP contribution in [0.4, 0.5) is 0 Å². The molecule has 2 aromatic heterocycles. The van der Waals surface area contributed by atoms with Crippen LogP contribution >= 0.6 is 11.6 Å². The van der Waals surface area contributed by atoms with Crippen molar-refractivity contribution in [2.24, 2.45) is 0 Å². The first-order valence-corrected chi connectivity index (χ1v) is 10.5. The van der Waals surface area contributed by atoms with Crippen LogP contribution < -0.4 is 0 Å². The average molecular weight is 446 g/mol. The predicted molar refractivity (Wildman–Crippen MR) is 112 cm³/mol. The lowest BCUT2D eigenvalue weighted by atomic mass is 9.95. The van der Waals surface area contributed by atoms with E-state index in [0.717, 1.165) is 16.7 Å². The molecule has 2 aliphatic heterocycles. The molecule has 2 N–H and O–H groups in total. The summed E-state index contributed by atoms with van der Waals surface area (Å²) in [6.45, 7) is 5.35. The Bertz CT molecular complexity index is 1130.